The Morgan fingerprint density at radius 1 is 0.706 bits per heavy atom. The normalized spacial score (nSPS) is 10.1. The Kier molecular flexibility index (Phi) is 11.6. The largest absolute Gasteiger partial charge is 0.493 e. The van der Waals surface area contributed by atoms with Gasteiger partial charge in [0.25, 0.3) is 0 Å². The molecule has 0 radical (unpaired) electrons. The maximum atomic E-state index is 10.6. The van der Waals surface area contributed by atoms with Crippen LogP contribution in [0.2, 0.25) is 0 Å². The number of benzene rings is 2. The third-order valence-electron chi connectivity index (χ3n) is 4.53. The lowest BCUT2D eigenvalue weighted by molar-refractivity contribution is -0.137. The molecule has 0 saturated carbocycles. The van der Waals surface area contributed by atoms with Gasteiger partial charge in [0, 0.05) is 18.1 Å². The van der Waals surface area contributed by atoms with Crippen molar-refractivity contribution < 1.29 is 48.2 Å². The lowest BCUT2D eigenvalue weighted by atomic mass is 10.1. The molecule has 0 aliphatic heterocycles. The lowest BCUT2D eigenvalue weighted by Crippen LogP contribution is -2.02. The van der Waals surface area contributed by atoms with E-state index in [-0.39, 0.29) is 6.42 Å². The summed E-state index contributed by atoms with van der Waals surface area (Å²) in [6, 6.07) is 6.89. The first-order valence-electron chi connectivity index (χ1n) is 9.97. The highest BCUT2D eigenvalue weighted by Gasteiger charge is 2.16. The molecule has 0 aromatic heterocycles. The molecular formula is C24H30O10. The number of rotatable bonds is 11. The Hall–Kier alpha value is -4.08. The van der Waals surface area contributed by atoms with Gasteiger partial charge in [0.1, 0.15) is 0 Å². The van der Waals surface area contributed by atoms with Gasteiger partial charge >= 0.3 is 11.9 Å². The van der Waals surface area contributed by atoms with Gasteiger partial charge in [-0.15, -0.1) is 0 Å². The van der Waals surface area contributed by atoms with Crippen LogP contribution in [0.25, 0.3) is 6.08 Å². The van der Waals surface area contributed by atoms with E-state index in [0.717, 1.165) is 11.6 Å². The number of methoxy groups -OCH3 is 6. The minimum absolute atomic E-state index is 0.0475. The number of hydrogen-bond acceptors (Lipinski definition) is 8. The van der Waals surface area contributed by atoms with Crippen molar-refractivity contribution in [3.8, 4) is 34.5 Å². The zero-order valence-corrected chi connectivity index (χ0v) is 20.0. The first kappa shape index (κ1) is 28.0. The van der Waals surface area contributed by atoms with Crippen molar-refractivity contribution in [2.45, 2.75) is 12.8 Å². The third-order valence-corrected chi connectivity index (χ3v) is 4.53. The van der Waals surface area contributed by atoms with Crippen molar-refractivity contribution in [3.63, 3.8) is 0 Å². The van der Waals surface area contributed by atoms with Gasteiger partial charge in [0.2, 0.25) is 11.5 Å². The number of aliphatic carboxylic acids is 2. The first-order valence-corrected chi connectivity index (χ1v) is 9.97. The standard InChI is InChI=1S/C12H16O5.C12H14O5/c2*1-15-9-6-4-8(5-7-10(13)14)11(16-2)12(9)17-3/h4,6H,5,7H2,1-3H3,(H,13,14);4-7H,1-3H3,(H,13,14)/b;7-5+. The quantitative estimate of drug-likeness (QED) is 0.463. The molecule has 34 heavy (non-hydrogen) atoms. The molecule has 186 valence electrons. The van der Waals surface area contributed by atoms with Crippen LogP contribution in [0.4, 0.5) is 0 Å². The number of aryl methyl sites for hydroxylation is 1. The monoisotopic (exact) mass is 478 g/mol. The van der Waals surface area contributed by atoms with Gasteiger partial charge in [-0.3, -0.25) is 4.79 Å². The van der Waals surface area contributed by atoms with Crippen LogP contribution in [0, 0.1) is 0 Å². The van der Waals surface area contributed by atoms with Crippen LogP contribution in [-0.2, 0) is 16.0 Å². The predicted octanol–water partition coefficient (Wildman–Crippen LogP) is 3.54. The van der Waals surface area contributed by atoms with Crippen LogP contribution in [0.1, 0.15) is 17.5 Å². The maximum absolute atomic E-state index is 10.6. The van der Waals surface area contributed by atoms with Crippen LogP contribution < -0.4 is 28.4 Å². The molecule has 2 rings (SSSR count). The van der Waals surface area contributed by atoms with E-state index in [0.29, 0.717) is 46.5 Å². The average molecular weight is 478 g/mol. The summed E-state index contributed by atoms with van der Waals surface area (Å²) >= 11 is 0. The smallest absolute Gasteiger partial charge is 0.328 e. The lowest BCUT2D eigenvalue weighted by Gasteiger charge is -2.15. The van der Waals surface area contributed by atoms with Gasteiger partial charge in [0.05, 0.1) is 42.7 Å². The molecule has 10 heteroatoms. The fraction of sp³-hybridized carbons (Fsp3) is 0.333. The van der Waals surface area contributed by atoms with Crippen LogP contribution in [0.15, 0.2) is 30.3 Å². The summed E-state index contributed by atoms with van der Waals surface area (Å²) in [5.41, 5.74) is 1.39. The van der Waals surface area contributed by atoms with Crippen molar-refractivity contribution >= 4 is 18.0 Å². The highest BCUT2D eigenvalue weighted by molar-refractivity contribution is 5.86. The second-order valence-corrected chi connectivity index (χ2v) is 6.48. The summed E-state index contributed by atoms with van der Waals surface area (Å²) in [5, 5.41) is 17.3. The van der Waals surface area contributed by atoms with Gasteiger partial charge in [-0.25, -0.2) is 4.79 Å². The van der Waals surface area contributed by atoms with E-state index in [9.17, 15) is 9.59 Å². The number of carbonyl (C=O) groups is 2. The molecule has 0 aliphatic carbocycles. The first-order chi connectivity index (χ1) is 16.3. The van der Waals surface area contributed by atoms with Crippen molar-refractivity contribution in [1.29, 1.82) is 0 Å². The molecule has 0 saturated heterocycles. The molecule has 0 heterocycles. The van der Waals surface area contributed by atoms with E-state index >= 15 is 0 Å². The SMILES string of the molecule is COc1ccc(/C=C/C(=O)O)c(OC)c1OC.COc1ccc(CCC(=O)O)c(OC)c1OC. The Balaban J connectivity index is 0.000000340. The molecule has 10 nitrogen and oxygen atoms in total. The minimum Gasteiger partial charge on any atom is -0.493 e. The summed E-state index contributed by atoms with van der Waals surface area (Å²) in [7, 11) is 9.06. The van der Waals surface area contributed by atoms with Crippen molar-refractivity contribution in [1.82, 2.24) is 0 Å². The highest BCUT2D eigenvalue weighted by atomic mass is 16.5. The highest BCUT2D eigenvalue weighted by Crippen LogP contribution is 2.41. The second kappa shape index (κ2) is 14.1. The third kappa shape index (κ3) is 7.51. The molecule has 0 atom stereocenters. The van der Waals surface area contributed by atoms with Crippen LogP contribution in [0.5, 0.6) is 34.5 Å². The molecule has 0 aliphatic rings. The van der Waals surface area contributed by atoms with Crippen molar-refractivity contribution in [2.75, 3.05) is 42.7 Å². The fourth-order valence-corrected chi connectivity index (χ4v) is 3.02. The number of carboxylic acid groups (broad SMARTS) is 2. The van der Waals surface area contributed by atoms with Crippen molar-refractivity contribution in [3.05, 3.63) is 41.5 Å². The number of hydrogen-bond donors (Lipinski definition) is 2. The van der Waals surface area contributed by atoms with Gasteiger partial charge in [-0.2, -0.15) is 0 Å². The Bertz CT molecular complexity index is 998. The molecule has 0 unspecified atom stereocenters. The molecule has 2 aromatic rings. The van der Waals surface area contributed by atoms with Crippen LogP contribution in [0.3, 0.4) is 0 Å². The number of ether oxygens (including phenoxy) is 6. The Labute approximate surface area is 198 Å². The van der Waals surface area contributed by atoms with E-state index in [1.54, 1.807) is 24.3 Å². The Morgan fingerprint density at radius 2 is 1.21 bits per heavy atom. The summed E-state index contributed by atoms with van der Waals surface area (Å²) in [6.45, 7) is 0. The molecular weight excluding hydrogens is 448 g/mol. The Morgan fingerprint density at radius 3 is 1.65 bits per heavy atom. The molecule has 0 fully saturated rings. The van der Waals surface area contributed by atoms with E-state index in [1.165, 1.54) is 48.7 Å². The van der Waals surface area contributed by atoms with E-state index < -0.39 is 11.9 Å². The minimum atomic E-state index is -1.03. The van der Waals surface area contributed by atoms with E-state index in [2.05, 4.69) is 0 Å². The van der Waals surface area contributed by atoms with Crippen LogP contribution in [-0.4, -0.2) is 64.8 Å². The summed E-state index contributed by atoms with van der Waals surface area (Å²) in [5.74, 6) is 1.09. The average Bonchev–Trinajstić information content (AvgIpc) is 2.84. The van der Waals surface area contributed by atoms with E-state index in [4.69, 9.17) is 38.6 Å². The topological polar surface area (TPSA) is 130 Å². The van der Waals surface area contributed by atoms with Gasteiger partial charge < -0.3 is 38.6 Å². The van der Waals surface area contributed by atoms with Gasteiger partial charge in [-0.1, -0.05) is 6.07 Å². The molecule has 0 amide bonds. The van der Waals surface area contributed by atoms with E-state index in [1.807, 2.05) is 0 Å². The molecule has 2 aromatic carbocycles. The van der Waals surface area contributed by atoms with Crippen LogP contribution >= 0.6 is 0 Å². The second-order valence-electron chi connectivity index (χ2n) is 6.48. The predicted molar refractivity (Wildman–Crippen MR) is 125 cm³/mol. The molecule has 2 N–H and O–H groups in total. The zero-order chi connectivity index (χ0) is 25.7. The summed E-state index contributed by atoms with van der Waals surface area (Å²) in [4.78, 5) is 21.0. The van der Waals surface area contributed by atoms with Gasteiger partial charge in [0.15, 0.2) is 23.0 Å². The summed E-state index contributed by atoms with van der Waals surface area (Å²) < 4.78 is 31.1. The van der Waals surface area contributed by atoms with Crippen molar-refractivity contribution in [2.24, 2.45) is 0 Å². The fourth-order valence-electron chi connectivity index (χ4n) is 3.02. The maximum Gasteiger partial charge on any atom is 0.328 e. The summed E-state index contributed by atoms with van der Waals surface area (Å²) in [6.07, 6.45) is 2.90. The number of carboxylic acids is 2. The molecule has 0 bridgehead atoms. The molecule has 0 spiro atoms. The van der Waals surface area contributed by atoms with Gasteiger partial charge in [-0.05, 0) is 36.3 Å². The zero-order valence-electron chi connectivity index (χ0n) is 20.0.